The van der Waals surface area contributed by atoms with Gasteiger partial charge in [-0.05, 0) is 48.8 Å². The summed E-state index contributed by atoms with van der Waals surface area (Å²) in [6.45, 7) is 0. The smallest absolute Gasteiger partial charge is 0.308 e. The van der Waals surface area contributed by atoms with Gasteiger partial charge in [-0.25, -0.2) is 0 Å². The van der Waals surface area contributed by atoms with Gasteiger partial charge in [0, 0.05) is 6.04 Å². The lowest BCUT2D eigenvalue weighted by Gasteiger charge is -2.23. The van der Waals surface area contributed by atoms with Crippen LogP contribution >= 0.6 is 0 Å². The first-order valence-electron chi connectivity index (χ1n) is 8.76. The van der Waals surface area contributed by atoms with Crippen LogP contribution in [0.3, 0.4) is 0 Å². The number of nitrogens with one attached hydrogen (secondary N) is 1. The highest BCUT2D eigenvalue weighted by Gasteiger charge is 2.30. The SMILES string of the molecule is O=C(Cc1ccc2c(c1)CCC2)N[C@H]1CCCCC[C@H]1C(=O)O. The Hall–Kier alpha value is -1.84. The van der Waals surface area contributed by atoms with Crippen LogP contribution in [0.1, 0.15) is 55.2 Å². The Morgan fingerprint density at radius 2 is 1.83 bits per heavy atom. The van der Waals surface area contributed by atoms with Gasteiger partial charge in [-0.1, -0.05) is 37.5 Å². The van der Waals surface area contributed by atoms with Gasteiger partial charge in [0.15, 0.2) is 0 Å². The highest BCUT2D eigenvalue weighted by molar-refractivity contribution is 5.80. The van der Waals surface area contributed by atoms with E-state index in [9.17, 15) is 14.7 Å². The molecule has 0 saturated heterocycles. The second-order valence-electron chi connectivity index (χ2n) is 6.89. The van der Waals surface area contributed by atoms with E-state index in [0.29, 0.717) is 12.8 Å². The normalized spacial score (nSPS) is 23.8. The van der Waals surface area contributed by atoms with Gasteiger partial charge in [0.25, 0.3) is 0 Å². The zero-order chi connectivity index (χ0) is 16.2. The summed E-state index contributed by atoms with van der Waals surface area (Å²) in [5, 5.41) is 12.4. The molecule has 2 atom stereocenters. The summed E-state index contributed by atoms with van der Waals surface area (Å²) in [6, 6.07) is 6.09. The second kappa shape index (κ2) is 7.16. The van der Waals surface area contributed by atoms with Crippen molar-refractivity contribution in [2.24, 2.45) is 5.92 Å². The fraction of sp³-hybridized carbons (Fsp3) is 0.579. The van der Waals surface area contributed by atoms with E-state index in [4.69, 9.17) is 0 Å². The monoisotopic (exact) mass is 315 g/mol. The molecular weight excluding hydrogens is 290 g/mol. The Morgan fingerprint density at radius 1 is 1.04 bits per heavy atom. The van der Waals surface area contributed by atoms with Gasteiger partial charge in [-0.2, -0.15) is 0 Å². The number of carboxylic acids is 1. The number of hydrogen-bond donors (Lipinski definition) is 2. The number of amides is 1. The summed E-state index contributed by atoms with van der Waals surface area (Å²) in [4.78, 5) is 23.8. The minimum Gasteiger partial charge on any atom is -0.481 e. The van der Waals surface area contributed by atoms with E-state index in [2.05, 4.69) is 17.4 Å². The molecule has 1 aromatic rings. The summed E-state index contributed by atoms with van der Waals surface area (Å²) in [5.74, 6) is -1.28. The Balaban J connectivity index is 1.62. The summed E-state index contributed by atoms with van der Waals surface area (Å²) in [5.41, 5.74) is 3.81. The standard InChI is InChI=1S/C19H25NO3/c21-18(12-13-9-10-14-5-4-6-15(14)11-13)20-17-8-3-1-2-7-16(17)19(22)23/h9-11,16-17H,1-8,12H2,(H,20,21)(H,22,23)/t16-,17+/m1/s1. The summed E-state index contributed by atoms with van der Waals surface area (Å²) in [6.07, 6.45) is 8.22. The lowest BCUT2D eigenvalue weighted by Crippen LogP contribution is -2.43. The van der Waals surface area contributed by atoms with Gasteiger partial charge in [-0.3, -0.25) is 9.59 Å². The van der Waals surface area contributed by atoms with Gasteiger partial charge in [0.05, 0.1) is 12.3 Å². The molecule has 1 amide bonds. The van der Waals surface area contributed by atoms with Crippen LogP contribution in [-0.2, 0) is 28.9 Å². The van der Waals surface area contributed by atoms with Crippen molar-refractivity contribution >= 4 is 11.9 Å². The van der Waals surface area contributed by atoms with Gasteiger partial charge in [0.2, 0.25) is 5.91 Å². The predicted molar refractivity (Wildman–Crippen MR) is 88.3 cm³/mol. The molecule has 2 aliphatic carbocycles. The fourth-order valence-electron chi connectivity index (χ4n) is 3.95. The maximum Gasteiger partial charge on any atom is 0.308 e. The molecule has 1 saturated carbocycles. The Labute approximate surface area is 137 Å². The van der Waals surface area contributed by atoms with Gasteiger partial charge < -0.3 is 10.4 Å². The number of fused-ring (bicyclic) bond motifs is 1. The molecule has 0 heterocycles. The molecule has 124 valence electrons. The molecule has 1 fully saturated rings. The van der Waals surface area contributed by atoms with Crippen molar-refractivity contribution < 1.29 is 14.7 Å². The van der Waals surface area contributed by atoms with Crippen LogP contribution in [0.4, 0.5) is 0 Å². The Morgan fingerprint density at radius 3 is 2.65 bits per heavy atom. The van der Waals surface area contributed by atoms with E-state index in [1.807, 2.05) is 6.07 Å². The van der Waals surface area contributed by atoms with Crippen LogP contribution in [0.2, 0.25) is 0 Å². The Bertz CT molecular complexity index is 596. The average Bonchev–Trinajstić information content (AvgIpc) is 2.85. The molecule has 23 heavy (non-hydrogen) atoms. The fourth-order valence-corrected chi connectivity index (χ4v) is 3.95. The molecule has 4 heteroatoms. The number of aryl methyl sites for hydroxylation is 2. The van der Waals surface area contributed by atoms with Crippen LogP contribution in [0.5, 0.6) is 0 Å². The zero-order valence-electron chi connectivity index (χ0n) is 13.5. The van der Waals surface area contributed by atoms with Gasteiger partial charge >= 0.3 is 5.97 Å². The number of rotatable bonds is 4. The molecule has 2 N–H and O–H groups in total. The molecule has 3 rings (SSSR count). The highest BCUT2D eigenvalue weighted by atomic mass is 16.4. The molecule has 0 radical (unpaired) electrons. The number of aliphatic carboxylic acids is 1. The molecule has 0 unspecified atom stereocenters. The third-order valence-corrected chi connectivity index (χ3v) is 5.21. The number of carbonyl (C=O) groups is 2. The number of hydrogen-bond acceptors (Lipinski definition) is 2. The summed E-state index contributed by atoms with van der Waals surface area (Å²) in [7, 11) is 0. The van der Waals surface area contributed by atoms with Crippen molar-refractivity contribution in [2.75, 3.05) is 0 Å². The van der Waals surface area contributed by atoms with Crippen molar-refractivity contribution in [1.29, 1.82) is 0 Å². The van der Waals surface area contributed by atoms with Crippen LogP contribution in [0.15, 0.2) is 18.2 Å². The highest BCUT2D eigenvalue weighted by Crippen LogP contribution is 2.25. The van der Waals surface area contributed by atoms with Crippen molar-refractivity contribution in [1.82, 2.24) is 5.32 Å². The number of benzene rings is 1. The maximum absolute atomic E-state index is 12.4. The van der Waals surface area contributed by atoms with Crippen LogP contribution < -0.4 is 5.32 Å². The van der Waals surface area contributed by atoms with E-state index in [1.54, 1.807) is 0 Å². The molecule has 4 nitrogen and oxygen atoms in total. The van der Waals surface area contributed by atoms with E-state index >= 15 is 0 Å². The molecule has 0 aliphatic heterocycles. The van der Waals surface area contributed by atoms with Gasteiger partial charge in [0.1, 0.15) is 0 Å². The third-order valence-electron chi connectivity index (χ3n) is 5.21. The first kappa shape index (κ1) is 16.0. The van der Waals surface area contributed by atoms with E-state index in [-0.39, 0.29) is 11.9 Å². The molecule has 0 bridgehead atoms. The first-order chi connectivity index (χ1) is 11.1. The largest absolute Gasteiger partial charge is 0.481 e. The number of carbonyl (C=O) groups excluding carboxylic acids is 1. The van der Waals surface area contributed by atoms with Crippen molar-refractivity contribution in [2.45, 2.75) is 63.8 Å². The molecular formula is C19H25NO3. The van der Waals surface area contributed by atoms with Crippen LogP contribution in [-0.4, -0.2) is 23.0 Å². The lowest BCUT2D eigenvalue weighted by molar-refractivity contribution is -0.143. The molecule has 0 spiro atoms. The predicted octanol–water partition coefficient (Wildman–Crippen LogP) is 2.87. The van der Waals surface area contributed by atoms with Crippen LogP contribution in [0.25, 0.3) is 0 Å². The Kier molecular flexibility index (Phi) is 4.99. The molecule has 1 aromatic carbocycles. The molecule has 2 aliphatic rings. The lowest BCUT2D eigenvalue weighted by atomic mass is 9.94. The summed E-state index contributed by atoms with van der Waals surface area (Å²) >= 11 is 0. The third kappa shape index (κ3) is 3.92. The topological polar surface area (TPSA) is 66.4 Å². The quantitative estimate of drug-likeness (QED) is 0.840. The number of carboxylic acid groups (broad SMARTS) is 1. The van der Waals surface area contributed by atoms with Crippen LogP contribution in [0, 0.1) is 5.92 Å². The van der Waals surface area contributed by atoms with Crippen molar-refractivity contribution in [3.8, 4) is 0 Å². The van der Waals surface area contributed by atoms with Crippen molar-refractivity contribution in [3.05, 3.63) is 34.9 Å². The van der Waals surface area contributed by atoms with Gasteiger partial charge in [-0.15, -0.1) is 0 Å². The first-order valence-corrected chi connectivity index (χ1v) is 8.76. The molecule has 0 aromatic heterocycles. The van der Waals surface area contributed by atoms with Crippen molar-refractivity contribution in [3.63, 3.8) is 0 Å². The van der Waals surface area contributed by atoms with E-state index < -0.39 is 11.9 Å². The van der Waals surface area contributed by atoms with E-state index in [1.165, 1.54) is 17.5 Å². The average molecular weight is 315 g/mol. The van der Waals surface area contributed by atoms with E-state index in [0.717, 1.165) is 44.1 Å². The maximum atomic E-state index is 12.4. The second-order valence-corrected chi connectivity index (χ2v) is 6.89. The minimum atomic E-state index is -0.783. The summed E-state index contributed by atoms with van der Waals surface area (Å²) < 4.78 is 0. The minimum absolute atomic E-state index is 0.0545. The zero-order valence-corrected chi connectivity index (χ0v) is 13.5.